The van der Waals surface area contributed by atoms with E-state index in [1.165, 1.54) is 38.5 Å². The molecule has 118 valence electrons. The Balaban J connectivity index is 1.58. The smallest absolute Gasteiger partial charge is 0.229 e. The number of aromatic nitrogens is 2. The van der Waals surface area contributed by atoms with Crippen LogP contribution in [-0.4, -0.2) is 22.7 Å². The number of piperidine rings is 1. The monoisotopic (exact) mass is 291 g/mol. The van der Waals surface area contributed by atoms with Gasteiger partial charge in [-0.2, -0.15) is 4.98 Å². The van der Waals surface area contributed by atoms with Gasteiger partial charge in [0.1, 0.15) is 0 Å². The summed E-state index contributed by atoms with van der Waals surface area (Å²) in [6.07, 6.45) is 10.1. The van der Waals surface area contributed by atoms with Gasteiger partial charge in [-0.1, -0.05) is 24.9 Å². The zero-order valence-electron chi connectivity index (χ0n) is 13.5. The molecule has 0 spiro atoms. The zero-order chi connectivity index (χ0) is 14.7. The summed E-state index contributed by atoms with van der Waals surface area (Å²) in [6, 6.07) is 0.559. The molecule has 0 amide bonds. The summed E-state index contributed by atoms with van der Waals surface area (Å²) in [6.45, 7) is 5.59. The fourth-order valence-corrected chi connectivity index (χ4v) is 4.05. The van der Waals surface area contributed by atoms with Crippen LogP contribution >= 0.6 is 0 Å². The second-order valence-electron chi connectivity index (χ2n) is 7.07. The highest BCUT2D eigenvalue weighted by molar-refractivity contribution is 5.02. The largest absolute Gasteiger partial charge is 0.339 e. The second-order valence-corrected chi connectivity index (χ2v) is 7.07. The minimum absolute atomic E-state index is 0.457. The third-order valence-corrected chi connectivity index (χ3v) is 5.34. The van der Waals surface area contributed by atoms with Crippen molar-refractivity contribution in [3.63, 3.8) is 0 Å². The molecule has 21 heavy (non-hydrogen) atoms. The Morgan fingerprint density at radius 3 is 2.67 bits per heavy atom. The van der Waals surface area contributed by atoms with E-state index in [9.17, 15) is 0 Å². The number of rotatable bonds is 4. The predicted octanol–water partition coefficient (Wildman–Crippen LogP) is 4.00. The molecule has 2 heterocycles. The molecule has 4 nitrogen and oxygen atoms in total. The lowest BCUT2D eigenvalue weighted by atomic mass is 9.80. The molecular weight excluding hydrogens is 262 g/mol. The molecule has 1 N–H and O–H groups in total. The van der Waals surface area contributed by atoms with Crippen LogP contribution in [0.5, 0.6) is 0 Å². The van der Waals surface area contributed by atoms with E-state index in [2.05, 4.69) is 24.3 Å². The summed E-state index contributed by atoms with van der Waals surface area (Å²) in [5, 5.41) is 7.78. The van der Waals surface area contributed by atoms with E-state index < -0.39 is 0 Å². The quantitative estimate of drug-likeness (QED) is 0.911. The van der Waals surface area contributed by atoms with Crippen molar-refractivity contribution in [1.29, 1.82) is 0 Å². The van der Waals surface area contributed by atoms with Crippen LogP contribution in [0.3, 0.4) is 0 Å². The Morgan fingerprint density at radius 1 is 1.14 bits per heavy atom. The summed E-state index contributed by atoms with van der Waals surface area (Å²) in [4.78, 5) is 4.76. The molecular formula is C17H29N3O. The van der Waals surface area contributed by atoms with Crippen LogP contribution in [0.4, 0.5) is 0 Å². The van der Waals surface area contributed by atoms with E-state index in [4.69, 9.17) is 9.51 Å². The Morgan fingerprint density at radius 2 is 1.95 bits per heavy atom. The van der Waals surface area contributed by atoms with Crippen molar-refractivity contribution < 1.29 is 4.52 Å². The molecule has 2 atom stereocenters. The van der Waals surface area contributed by atoms with Gasteiger partial charge in [-0.05, 0) is 57.9 Å². The van der Waals surface area contributed by atoms with Crippen molar-refractivity contribution >= 4 is 0 Å². The highest BCUT2D eigenvalue weighted by atomic mass is 16.5. The van der Waals surface area contributed by atoms with Gasteiger partial charge >= 0.3 is 0 Å². The van der Waals surface area contributed by atoms with Crippen LogP contribution in [0.1, 0.15) is 88.8 Å². The first-order chi connectivity index (χ1) is 10.3. The van der Waals surface area contributed by atoms with Crippen molar-refractivity contribution in [3.8, 4) is 0 Å². The van der Waals surface area contributed by atoms with Crippen LogP contribution in [0.2, 0.25) is 0 Å². The lowest BCUT2D eigenvalue weighted by molar-refractivity contribution is 0.283. The Kier molecular flexibility index (Phi) is 4.94. The standard InChI is InChI=1S/C17H29N3O/c1-3-4-13-5-7-14(8-6-13)16-19-17(21-20-16)15-9-10-18-12(2)11-15/h12-15,18H,3-11H2,1-2H3. The normalized spacial score (nSPS) is 34.0. The van der Waals surface area contributed by atoms with E-state index in [0.29, 0.717) is 17.9 Å². The molecule has 1 aromatic rings. The molecule has 2 aliphatic rings. The number of nitrogens with one attached hydrogen (secondary N) is 1. The van der Waals surface area contributed by atoms with Gasteiger partial charge in [0.2, 0.25) is 5.89 Å². The average molecular weight is 291 g/mol. The van der Waals surface area contributed by atoms with Crippen molar-refractivity contribution in [3.05, 3.63) is 11.7 Å². The summed E-state index contributed by atoms with van der Waals surface area (Å²) in [7, 11) is 0. The highest BCUT2D eigenvalue weighted by Gasteiger charge is 2.29. The van der Waals surface area contributed by atoms with Gasteiger partial charge < -0.3 is 9.84 Å². The Labute approximate surface area is 128 Å². The maximum absolute atomic E-state index is 5.59. The lowest BCUT2D eigenvalue weighted by Crippen LogP contribution is -2.34. The molecule has 0 bridgehead atoms. The van der Waals surface area contributed by atoms with Crippen LogP contribution in [0.25, 0.3) is 0 Å². The number of hydrogen-bond donors (Lipinski definition) is 1. The number of nitrogens with zero attached hydrogens (tertiary/aromatic N) is 2. The average Bonchev–Trinajstić information content (AvgIpc) is 2.98. The molecule has 0 aromatic carbocycles. The molecule has 3 rings (SSSR count). The van der Waals surface area contributed by atoms with E-state index >= 15 is 0 Å². The maximum atomic E-state index is 5.59. The zero-order valence-corrected chi connectivity index (χ0v) is 13.5. The van der Waals surface area contributed by atoms with E-state index in [1.807, 2.05) is 0 Å². The van der Waals surface area contributed by atoms with Gasteiger partial charge in [0.05, 0.1) is 0 Å². The third-order valence-electron chi connectivity index (χ3n) is 5.34. The molecule has 2 fully saturated rings. The van der Waals surface area contributed by atoms with Crippen molar-refractivity contribution in [2.75, 3.05) is 6.54 Å². The summed E-state index contributed by atoms with van der Waals surface area (Å²) in [5.74, 6) is 3.79. The van der Waals surface area contributed by atoms with E-state index in [0.717, 1.165) is 37.0 Å². The predicted molar refractivity (Wildman–Crippen MR) is 83.3 cm³/mol. The molecule has 1 saturated carbocycles. The van der Waals surface area contributed by atoms with Gasteiger partial charge in [0, 0.05) is 17.9 Å². The summed E-state index contributed by atoms with van der Waals surface area (Å²) < 4.78 is 5.59. The first-order valence-corrected chi connectivity index (χ1v) is 8.83. The Hall–Kier alpha value is -0.900. The van der Waals surface area contributed by atoms with E-state index in [1.54, 1.807) is 0 Å². The van der Waals surface area contributed by atoms with Crippen molar-refractivity contribution in [2.24, 2.45) is 5.92 Å². The SMILES string of the molecule is CCCC1CCC(c2noc(C3CCNC(C)C3)n2)CC1. The van der Waals surface area contributed by atoms with Crippen LogP contribution in [-0.2, 0) is 0 Å². The molecule has 0 radical (unpaired) electrons. The van der Waals surface area contributed by atoms with Gasteiger partial charge in [-0.3, -0.25) is 0 Å². The molecule has 2 unspecified atom stereocenters. The first-order valence-electron chi connectivity index (χ1n) is 8.83. The minimum Gasteiger partial charge on any atom is -0.339 e. The third kappa shape index (κ3) is 3.65. The van der Waals surface area contributed by atoms with Crippen LogP contribution in [0.15, 0.2) is 4.52 Å². The van der Waals surface area contributed by atoms with Gasteiger partial charge in [-0.25, -0.2) is 0 Å². The van der Waals surface area contributed by atoms with Crippen LogP contribution < -0.4 is 5.32 Å². The van der Waals surface area contributed by atoms with Crippen molar-refractivity contribution in [2.45, 2.75) is 83.1 Å². The molecule has 4 heteroatoms. The second kappa shape index (κ2) is 6.91. The Bertz CT molecular complexity index is 437. The fourth-order valence-electron chi connectivity index (χ4n) is 4.05. The first kappa shape index (κ1) is 15.0. The van der Waals surface area contributed by atoms with Gasteiger partial charge in [0.15, 0.2) is 5.82 Å². The fraction of sp³-hybridized carbons (Fsp3) is 0.882. The van der Waals surface area contributed by atoms with Gasteiger partial charge in [0.25, 0.3) is 0 Å². The lowest BCUT2D eigenvalue weighted by Gasteiger charge is -2.26. The number of hydrogen-bond acceptors (Lipinski definition) is 4. The van der Waals surface area contributed by atoms with E-state index in [-0.39, 0.29) is 0 Å². The molecule has 1 aromatic heterocycles. The van der Waals surface area contributed by atoms with Crippen molar-refractivity contribution in [1.82, 2.24) is 15.5 Å². The highest BCUT2D eigenvalue weighted by Crippen LogP contribution is 2.37. The van der Waals surface area contributed by atoms with Gasteiger partial charge in [-0.15, -0.1) is 0 Å². The molecule has 1 aliphatic carbocycles. The topological polar surface area (TPSA) is 51.0 Å². The van der Waals surface area contributed by atoms with Crippen LogP contribution in [0, 0.1) is 5.92 Å². The summed E-state index contributed by atoms with van der Waals surface area (Å²) >= 11 is 0. The molecule has 1 saturated heterocycles. The molecule has 1 aliphatic heterocycles. The maximum Gasteiger partial charge on any atom is 0.229 e. The minimum atomic E-state index is 0.457. The summed E-state index contributed by atoms with van der Waals surface area (Å²) in [5.41, 5.74) is 0.